The fraction of sp³-hybridized carbons (Fsp3) is 0.913. The largest absolute Gasteiger partial charge is 0.462 e. The second-order valence-electron chi connectivity index (χ2n) is 15.5. The molecule has 0 saturated heterocycles. The Bertz CT molecular complexity index is 738. The number of allylic oxidation sites excluding steroid dienone is 1. The number of carbonyl (C=O) groups is 2. The van der Waals surface area contributed by atoms with Gasteiger partial charge in [0.2, 0.25) is 0 Å². The molecular formula is C46H89NO4. The van der Waals surface area contributed by atoms with E-state index in [0.29, 0.717) is 19.4 Å². The number of ether oxygens (including phenoxy) is 2. The summed E-state index contributed by atoms with van der Waals surface area (Å²) in [6.07, 6.45) is 43.3. The van der Waals surface area contributed by atoms with E-state index in [2.05, 4.69) is 38.7 Å². The van der Waals surface area contributed by atoms with Crippen molar-refractivity contribution in [3.05, 3.63) is 12.2 Å². The van der Waals surface area contributed by atoms with Gasteiger partial charge in [-0.05, 0) is 90.3 Å². The van der Waals surface area contributed by atoms with E-state index in [1.165, 1.54) is 174 Å². The van der Waals surface area contributed by atoms with Gasteiger partial charge in [0, 0.05) is 12.8 Å². The number of unbranched alkanes of at least 4 members (excludes halogenated alkanes) is 23. The average molecular weight is 720 g/mol. The van der Waals surface area contributed by atoms with Gasteiger partial charge >= 0.3 is 11.9 Å². The van der Waals surface area contributed by atoms with Crippen LogP contribution in [0, 0.1) is 0 Å². The van der Waals surface area contributed by atoms with Crippen LogP contribution in [0.5, 0.6) is 0 Å². The van der Waals surface area contributed by atoms with Crippen LogP contribution in [-0.4, -0.2) is 49.2 Å². The molecule has 0 amide bonds. The molecule has 0 aliphatic carbocycles. The zero-order valence-corrected chi connectivity index (χ0v) is 35.0. The van der Waals surface area contributed by atoms with Gasteiger partial charge in [-0.2, -0.15) is 0 Å². The molecule has 0 aromatic rings. The van der Waals surface area contributed by atoms with Crippen LogP contribution >= 0.6 is 0 Å². The maximum Gasteiger partial charge on any atom is 0.306 e. The van der Waals surface area contributed by atoms with E-state index in [9.17, 15) is 9.59 Å². The van der Waals surface area contributed by atoms with Crippen LogP contribution in [0.1, 0.15) is 240 Å². The van der Waals surface area contributed by atoms with Crippen LogP contribution in [0.4, 0.5) is 0 Å². The topological polar surface area (TPSA) is 55.8 Å². The number of carbonyl (C=O) groups excluding carboxylic acids is 2. The first-order valence-electron chi connectivity index (χ1n) is 22.8. The van der Waals surface area contributed by atoms with Crippen molar-refractivity contribution >= 4 is 11.9 Å². The van der Waals surface area contributed by atoms with Crippen LogP contribution in [0.15, 0.2) is 12.2 Å². The zero-order chi connectivity index (χ0) is 37.3. The number of nitrogens with zero attached hydrogens (tertiary/aromatic N) is 1. The minimum absolute atomic E-state index is 0.0406. The third-order valence-electron chi connectivity index (χ3n) is 10.3. The highest BCUT2D eigenvalue weighted by Crippen LogP contribution is 2.18. The second kappa shape index (κ2) is 41.4. The molecule has 0 unspecified atom stereocenters. The monoisotopic (exact) mass is 720 g/mol. The summed E-state index contributed by atoms with van der Waals surface area (Å²) in [5.41, 5.74) is 0. The highest BCUT2D eigenvalue weighted by molar-refractivity contribution is 5.69. The smallest absolute Gasteiger partial charge is 0.306 e. The Morgan fingerprint density at radius 1 is 0.451 bits per heavy atom. The molecule has 0 aromatic heterocycles. The number of rotatable bonds is 41. The summed E-state index contributed by atoms with van der Waals surface area (Å²) >= 11 is 0. The highest BCUT2D eigenvalue weighted by atomic mass is 16.5. The van der Waals surface area contributed by atoms with E-state index >= 15 is 0 Å². The van der Waals surface area contributed by atoms with Crippen molar-refractivity contribution in [2.45, 2.75) is 246 Å². The van der Waals surface area contributed by atoms with Gasteiger partial charge in [0.15, 0.2) is 0 Å². The maximum absolute atomic E-state index is 12.7. The molecule has 0 atom stereocenters. The van der Waals surface area contributed by atoms with Crippen molar-refractivity contribution in [1.82, 2.24) is 4.90 Å². The average Bonchev–Trinajstić information content (AvgIpc) is 3.13. The Labute approximate surface area is 319 Å². The molecule has 0 radical (unpaired) electrons. The highest BCUT2D eigenvalue weighted by Gasteiger charge is 2.14. The van der Waals surface area contributed by atoms with Crippen molar-refractivity contribution in [1.29, 1.82) is 0 Å². The van der Waals surface area contributed by atoms with Crippen LogP contribution < -0.4 is 0 Å². The van der Waals surface area contributed by atoms with Crippen molar-refractivity contribution in [3.63, 3.8) is 0 Å². The van der Waals surface area contributed by atoms with Crippen molar-refractivity contribution in [3.8, 4) is 0 Å². The Morgan fingerprint density at radius 3 is 1.39 bits per heavy atom. The summed E-state index contributed by atoms with van der Waals surface area (Å²) in [5, 5.41) is 0. The van der Waals surface area contributed by atoms with E-state index < -0.39 is 0 Å². The molecule has 0 saturated carbocycles. The summed E-state index contributed by atoms with van der Waals surface area (Å²) < 4.78 is 11.4. The lowest BCUT2D eigenvalue weighted by Crippen LogP contribution is -2.27. The predicted octanol–water partition coefficient (Wildman–Crippen LogP) is 14.3. The van der Waals surface area contributed by atoms with Crippen molar-refractivity contribution in [2.24, 2.45) is 0 Å². The van der Waals surface area contributed by atoms with Gasteiger partial charge in [-0.25, -0.2) is 0 Å². The Kier molecular flexibility index (Phi) is 40.3. The fourth-order valence-electron chi connectivity index (χ4n) is 6.89. The number of hydrogen-bond donors (Lipinski definition) is 0. The summed E-state index contributed by atoms with van der Waals surface area (Å²) in [7, 11) is 0. The molecule has 0 N–H and O–H groups in total. The summed E-state index contributed by atoms with van der Waals surface area (Å²) in [6, 6.07) is 0. The molecule has 0 aliphatic heterocycles. The van der Waals surface area contributed by atoms with Gasteiger partial charge in [-0.1, -0.05) is 168 Å². The molecular weight excluding hydrogens is 631 g/mol. The van der Waals surface area contributed by atoms with E-state index in [1.54, 1.807) is 0 Å². The molecule has 302 valence electrons. The van der Waals surface area contributed by atoms with Gasteiger partial charge < -0.3 is 14.4 Å². The lowest BCUT2D eigenvalue weighted by atomic mass is 10.0. The fourth-order valence-corrected chi connectivity index (χ4v) is 6.89. The van der Waals surface area contributed by atoms with Crippen LogP contribution in [0.2, 0.25) is 0 Å². The molecule has 0 rings (SSSR count). The van der Waals surface area contributed by atoms with E-state index in [1.807, 2.05) is 6.08 Å². The van der Waals surface area contributed by atoms with Gasteiger partial charge in [-0.3, -0.25) is 9.59 Å². The number of esters is 2. The lowest BCUT2D eigenvalue weighted by molar-refractivity contribution is -0.150. The third-order valence-corrected chi connectivity index (χ3v) is 10.3. The quantitative estimate of drug-likeness (QED) is 0.0358. The van der Waals surface area contributed by atoms with Gasteiger partial charge in [0.1, 0.15) is 12.7 Å². The molecule has 0 heterocycles. The van der Waals surface area contributed by atoms with Gasteiger partial charge in [0.05, 0.1) is 0 Å². The second-order valence-corrected chi connectivity index (χ2v) is 15.5. The molecule has 0 aromatic carbocycles. The number of hydrogen-bond acceptors (Lipinski definition) is 5. The molecule has 51 heavy (non-hydrogen) atoms. The molecule has 0 bridgehead atoms. The van der Waals surface area contributed by atoms with E-state index in [-0.39, 0.29) is 18.0 Å². The normalized spacial score (nSPS) is 11.7. The Balaban J connectivity index is 4.05. The van der Waals surface area contributed by atoms with E-state index in [4.69, 9.17) is 9.47 Å². The van der Waals surface area contributed by atoms with Crippen LogP contribution in [0.3, 0.4) is 0 Å². The van der Waals surface area contributed by atoms with Crippen molar-refractivity contribution in [2.75, 3.05) is 26.2 Å². The van der Waals surface area contributed by atoms with Gasteiger partial charge in [0.25, 0.3) is 0 Å². The Hall–Kier alpha value is -1.36. The molecule has 0 aliphatic rings. The van der Waals surface area contributed by atoms with Crippen LogP contribution in [0.25, 0.3) is 0 Å². The van der Waals surface area contributed by atoms with E-state index in [0.717, 1.165) is 44.9 Å². The standard InChI is InChI=1S/C46H89NO4/c1-5-9-13-16-19-28-35-43-50-45(48)38-31-24-20-26-33-41-47(40-12-8-4)42-34-27-21-25-32-39-46(49)51-44(36-29-22-17-14-10-6-2)37-30-23-18-15-11-7-3/h28,35,44H,5-27,29-34,36-43H2,1-4H3/b35-28-. The summed E-state index contributed by atoms with van der Waals surface area (Å²) in [4.78, 5) is 27.4. The van der Waals surface area contributed by atoms with Crippen molar-refractivity contribution < 1.29 is 19.1 Å². The first kappa shape index (κ1) is 49.6. The third kappa shape index (κ3) is 38.2. The minimum Gasteiger partial charge on any atom is -0.462 e. The molecule has 5 heteroatoms. The first-order chi connectivity index (χ1) is 25.1. The lowest BCUT2D eigenvalue weighted by Gasteiger charge is -2.22. The first-order valence-corrected chi connectivity index (χ1v) is 22.8. The van der Waals surface area contributed by atoms with Gasteiger partial charge in [-0.15, -0.1) is 0 Å². The minimum atomic E-state index is -0.0532. The molecule has 5 nitrogen and oxygen atoms in total. The maximum atomic E-state index is 12.7. The zero-order valence-electron chi connectivity index (χ0n) is 35.0. The molecule has 0 fully saturated rings. The van der Waals surface area contributed by atoms with Crippen LogP contribution in [-0.2, 0) is 19.1 Å². The summed E-state index contributed by atoms with van der Waals surface area (Å²) in [6.45, 7) is 13.1. The molecule has 0 spiro atoms. The predicted molar refractivity (Wildman–Crippen MR) is 221 cm³/mol. The Morgan fingerprint density at radius 2 is 0.863 bits per heavy atom. The summed E-state index contributed by atoms with van der Waals surface area (Å²) in [5.74, 6) is -0.0126. The SMILES string of the molecule is CCCCCC/C=C\COC(=O)CCCCCCCN(CCCC)CCCCCCCC(=O)OC(CCCCCCCC)CCCCCCCC.